The SMILES string of the molecule is Cc1nc(-c2ccccc2)sc1C(=O)NNC(=O)C1=NNC(=O)CC1. The van der Waals surface area contributed by atoms with Gasteiger partial charge >= 0.3 is 0 Å². The van der Waals surface area contributed by atoms with Gasteiger partial charge in [0.25, 0.3) is 11.8 Å². The van der Waals surface area contributed by atoms with Crippen molar-refractivity contribution in [2.24, 2.45) is 5.10 Å². The Hall–Kier alpha value is -3.07. The Labute approximate surface area is 147 Å². The summed E-state index contributed by atoms with van der Waals surface area (Å²) >= 11 is 1.25. The molecule has 0 fully saturated rings. The molecule has 8 nitrogen and oxygen atoms in total. The van der Waals surface area contributed by atoms with E-state index in [-0.39, 0.29) is 24.5 Å². The minimum Gasteiger partial charge on any atom is -0.273 e. The molecule has 0 saturated heterocycles. The first-order chi connectivity index (χ1) is 12.0. The molecule has 0 spiro atoms. The van der Waals surface area contributed by atoms with Crippen LogP contribution in [0.25, 0.3) is 10.6 Å². The lowest BCUT2D eigenvalue weighted by atomic mass is 10.2. The van der Waals surface area contributed by atoms with E-state index in [1.165, 1.54) is 11.3 Å². The predicted molar refractivity (Wildman–Crippen MR) is 92.7 cm³/mol. The Balaban J connectivity index is 1.65. The van der Waals surface area contributed by atoms with E-state index in [4.69, 9.17) is 0 Å². The number of amides is 3. The van der Waals surface area contributed by atoms with Gasteiger partial charge in [-0.05, 0) is 6.92 Å². The maximum absolute atomic E-state index is 12.3. The van der Waals surface area contributed by atoms with Crippen molar-refractivity contribution >= 4 is 34.8 Å². The number of carbonyl (C=O) groups is 3. The number of carbonyl (C=O) groups excluding carboxylic acids is 3. The van der Waals surface area contributed by atoms with Crippen LogP contribution in [0.5, 0.6) is 0 Å². The Bertz CT molecular complexity index is 860. The molecular formula is C16H15N5O3S. The van der Waals surface area contributed by atoms with Crippen molar-refractivity contribution in [2.45, 2.75) is 19.8 Å². The number of hydrazone groups is 1. The lowest BCUT2D eigenvalue weighted by Crippen LogP contribution is -2.46. The first-order valence-electron chi connectivity index (χ1n) is 7.53. The molecule has 0 bridgehead atoms. The van der Waals surface area contributed by atoms with Gasteiger partial charge in [0.05, 0.1) is 5.69 Å². The van der Waals surface area contributed by atoms with E-state index in [9.17, 15) is 14.4 Å². The van der Waals surface area contributed by atoms with Crippen molar-refractivity contribution in [1.29, 1.82) is 0 Å². The average molecular weight is 357 g/mol. The minimum atomic E-state index is -0.557. The largest absolute Gasteiger partial charge is 0.285 e. The highest BCUT2D eigenvalue weighted by molar-refractivity contribution is 7.17. The molecule has 128 valence electrons. The number of rotatable bonds is 3. The normalized spacial score (nSPS) is 13.6. The number of aryl methyl sites for hydroxylation is 1. The van der Waals surface area contributed by atoms with Gasteiger partial charge in [0.15, 0.2) is 0 Å². The Morgan fingerprint density at radius 3 is 2.52 bits per heavy atom. The highest BCUT2D eigenvalue weighted by Crippen LogP contribution is 2.27. The Morgan fingerprint density at radius 1 is 1.12 bits per heavy atom. The first kappa shape index (κ1) is 16.8. The van der Waals surface area contributed by atoms with E-state index in [2.05, 4.69) is 26.4 Å². The van der Waals surface area contributed by atoms with Crippen LogP contribution < -0.4 is 16.3 Å². The molecule has 0 aliphatic carbocycles. The van der Waals surface area contributed by atoms with Gasteiger partial charge in [0, 0.05) is 18.4 Å². The van der Waals surface area contributed by atoms with Gasteiger partial charge in [-0.3, -0.25) is 25.2 Å². The summed E-state index contributed by atoms with van der Waals surface area (Å²) in [5, 5.41) is 4.40. The number of nitrogens with zero attached hydrogens (tertiary/aromatic N) is 2. The molecule has 2 aromatic rings. The van der Waals surface area contributed by atoms with Gasteiger partial charge in [-0.2, -0.15) is 5.10 Å². The monoisotopic (exact) mass is 357 g/mol. The van der Waals surface area contributed by atoms with Crippen LogP contribution in [0.15, 0.2) is 35.4 Å². The van der Waals surface area contributed by atoms with Crippen LogP contribution in [0.4, 0.5) is 0 Å². The molecule has 0 unspecified atom stereocenters. The summed E-state index contributed by atoms with van der Waals surface area (Å²) in [6.07, 6.45) is 0.417. The maximum atomic E-state index is 12.3. The van der Waals surface area contributed by atoms with Crippen LogP contribution in [0.2, 0.25) is 0 Å². The fourth-order valence-corrected chi connectivity index (χ4v) is 3.16. The lowest BCUT2D eigenvalue weighted by molar-refractivity contribution is -0.121. The summed E-state index contributed by atoms with van der Waals surface area (Å²) in [6.45, 7) is 1.74. The molecule has 0 radical (unpaired) electrons. The molecule has 9 heteroatoms. The zero-order valence-electron chi connectivity index (χ0n) is 13.3. The smallest absolute Gasteiger partial charge is 0.273 e. The second kappa shape index (κ2) is 7.22. The fraction of sp³-hybridized carbons (Fsp3) is 0.188. The lowest BCUT2D eigenvalue weighted by Gasteiger charge is -2.12. The van der Waals surface area contributed by atoms with Crippen molar-refractivity contribution in [3.63, 3.8) is 0 Å². The molecule has 1 aliphatic rings. The molecule has 1 aromatic heterocycles. The zero-order valence-corrected chi connectivity index (χ0v) is 14.1. The fourth-order valence-electron chi connectivity index (χ4n) is 2.19. The third kappa shape index (κ3) is 3.89. The van der Waals surface area contributed by atoms with Crippen LogP contribution in [0, 0.1) is 6.92 Å². The molecule has 25 heavy (non-hydrogen) atoms. The maximum Gasteiger partial charge on any atom is 0.285 e. The number of hydrogen-bond acceptors (Lipinski definition) is 6. The third-order valence-corrected chi connectivity index (χ3v) is 4.68. The summed E-state index contributed by atoms with van der Waals surface area (Å²) < 4.78 is 0. The molecular weight excluding hydrogens is 342 g/mol. The second-order valence-corrected chi connectivity index (χ2v) is 6.30. The van der Waals surface area contributed by atoms with Crippen LogP contribution in [-0.4, -0.2) is 28.4 Å². The Morgan fingerprint density at radius 2 is 1.84 bits per heavy atom. The van der Waals surface area contributed by atoms with Crippen molar-refractivity contribution < 1.29 is 14.4 Å². The second-order valence-electron chi connectivity index (χ2n) is 5.30. The molecule has 0 saturated carbocycles. The Kier molecular flexibility index (Phi) is 4.85. The van der Waals surface area contributed by atoms with Gasteiger partial charge in [-0.15, -0.1) is 11.3 Å². The molecule has 3 N–H and O–H groups in total. The highest BCUT2D eigenvalue weighted by Gasteiger charge is 2.20. The van der Waals surface area contributed by atoms with Crippen LogP contribution in [0.3, 0.4) is 0 Å². The summed E-state index contributed by atoms with van der Waals surface area (Å²) in [6, 6.07) is 9.53. The summed E-state index contributed by atoms with van der Waals surface area (Å²) in [5.74, 6) is -1.25. The predicted octanol–water partition coefficient (Wildman–Crippen LogP) is 1.15. The van der Waals surface area contributed by atoms with E-state index in [1.807, 2.05) is 30.3 Å². The quantitative estimate of drug-likeness (QED) is 0.715. The van der Waals surface area contributed by atoms with E-state index in [0.29, 0.717) is 10.6 Å². The number of nitrogens with one attached hydrogen (secondary N) is 3. The van der Waals surface area contributed by atoms with Crippen LogP contribution in [-0.2, 0) is 9.59 Å². The standard InChI is InChI=1S/C16H15N5O3S/c1-9-13(25-16(17-9)10-5-3-2-4-6-10)15(24)21-20-14(23)11-7-8-12(22)19-18-11/h2-6H,7-8H2,1H3,(H,19,22)(H,20,23)(H,21,24). The topological polar surface area (TPSA) is 113 Å². The summed E-state index contributed by atoms with van der Waals surface area (Å²) in [7, 11) is 0. The minimum absolute atomic E-state index is 0.158. The molecule has 1 aliphatic heterocycles. The van der Waals surface area contributed by atoms with Gasteiger partial charge in [0.2, 0.25) is 5.91 Å². The number of hydrogen-bond donors (Lipinski definition) is 3. The molecule has 3 rings (SSSR count). The number of hydrazine groups is 1. The summed E-state index contributed by atoms with van der Waals surface area (Å²) in [4.78, 5) is 40.0. The number of benzene rings is 1. The van der Waals surface area contributed by atoms with Gasteiger partial charge in [-0.25, -0.2) is 10.4 Å². The van der Waals surface area contributed by atoms with E-state index < -0.39 is 11.8 Å². The first-order valence-corrected chi connectivity index (χ1v) is 8.35. The van der Waals surface area contributed by atoms with E-state index >= 15 is 0 Å². The van der Waals surface area contributed by atoms with Crippen LogP contribution in [0.1, 0.15) is 28.2 Å². The van der Waals surface area contributed by atoms with Gasteiger partial charge in [-0.1, -0.05) is 30.3 Å². The molecule has 1 aromatic carbocycles. The third-order valence-electron chi connectivity index (χ3n) is 3.48. The van der Waals surface area contributed by atoms with E-state index in [0.717, 1.165) is 10.6 Å². The summed E-state index contributed by atoms with van der Waals surface area (Å²) in [5.41, 5.74) is 8.54. The molecule has 3 amide bonds. The highest BCUT2D eigenvalue weighted by atomic mass is 32.1. The van der Waals surface area contributed by atoms with Crippen molar-refractivity contribution in [1.82, 2.24) is 21.3 Å². The number of thiazole rings is 1. The van der Waals surface area contributed by atoms with Gasteiger partial charge < -0.3 is 0 Å². The number of aromatic nitrogens is 1. The van der Waals surface area contributed by atoms with E-state index in [1.54, 1.807) is 6.92 Å². The molecule has 0 atom stereocenters. The molecule has 2 heterocycles. The van der Waals surface area contributed by atoms with Crippen LogP contribution >= 0.6 is 11.3 Å². The average Bonchev–Trinajstić information content (AvgIpc) is 3.02. The van der Waals surface area contributed by atoms with Gasteiger partial charge in [0.1, 0.15) is 15.6 Å². The van der Waals surface area contributed by atoms with Crippen molar-refractivity contribution in [3.8, 4) is 10.6 Å². The zero-order chi connectivity index (χ0) is 17.8. The van der Waals surface area contributed by atoms with Crippen molar-refractivity contribution in [3.05, 3.63) is 40.9 Å². The van der Waals surface area contributed by atoms with Crippen molar-refractivity contribution in [2.75, 3.05) is 0 Å².